The first-order valence-electron chi connectivity index (χ1n) is 7.05. The fraction of sp³-hybridized carbons (Fsp3) is 0.188. The van der Waals surface area contributed by atoms with Crippen LogP contribution in [-0.4, -0.2) is 31.1 Å². The minimum absolute atomic E-state index is 0.228. The molecule has 0 spiro atoms. The van der Waals surface area contributed by atoms with Crippen molar-refractivity contribution in [2.75, 3.05) is 20.3 Å². The average molecular weight is 332 g/mol. The van der Waals surface area contributed by atoms with E-state index in [4.69, 9.17) is 13.9 Å². The van der Waals surface area contributed by atoms with Crippen LogP contribution in [0, 0.1) is 10.1 Å². The normalized spacial score (nSPS) is 10.5. The van der Waals surface area contributed by atoms with Crippen molar-refractivity contribution in [2.24, 2.45) is 0 Å². The number of ether oxygens (including phenoxy) is 2. The highest BCUT2D eigenvalue weighted by Gasteiger charge is 2.10. The summed E-state index contributed by atoms with van der Waals surface area (Å²) in [5, 5.41) is 13.1. The maximum absolute atomic E-state index is 11.6. The van der Waals surface area contributed by atoms with Gasteiger partial charge >= 0.3 is 5.88 Å². The lowest BCUT2D eigenvalue weighted by Crippen LogP contribution is -2.26. The van der Waals surface area contributed by atoms with E-state index in [1.807, 2.05) is 0 Å². The Morgan fingerprint density at radius 3 is 2.58 bits per heavy atom. The number of nitrogens with one attached hydrogen (secondary N) is 1. The van der Waals surface area contributed by atoms with E-state index in [2.05, 4.69) is 5.32 Å². The van der Waals surface area contributed by atoms with Crippen molar-refractivity contribution in [3.05, 3.63) is 58.3 Å². The van der Waals surface area contributed by atoms with Crippen molar-refractivity contribution >= 4 is 17.9 Å². The van der Waals surface area contributed by atoms with Gasteiger partial charge in [-0.05, 0) is 36.4 Å². The smallest absolute Gasteiger partial charge is 0.433 e. The highest BCUT2D eigenvalue weighted by Crippen LogP contribution is 2.17. The topological polar surface area (TPSA) is 104 Å². The number of carbonyl (C=O) groups is 1. The zero-order valence-electron chi connectivity index (χ0n) is 12.9. The van der Waals surface area contributed by atoms with Gasteiger partial charge in [0.2, 0.25) is 5.91 Å². The number of nitro groups is 1. The molecule has 0 unspecified atom stereocenters. The Labute approximate surface area is 137 Å². The lowest BCUT2D eigenvalue weighted by molar-refractivity contribution is -0.402. The molecule has 0 saturated carbocycles. The van der Waals surface area contributed by atoms with Crippen LogP contribution in [0.25, 0.3) is 6.08 Å². The van der Waals surface area contributed by atoms with E-state index >= 15 is 0 Å². The predicted octanol–water partition coefficient (Wildman–Crippen LogP) is 2.40. The van der Waals surface area contributed by atoms with E-state index in [9.17, 15) is 14.9 Å². The van der Waals surface area contributed by atoms with Gasteiger partial charge in [-0.25, -0.2) is 0 Å². The Bertz CT molecular complexity index is 720. The summed E-state index contributed by atoms with van der Waals surface area (Å²) in [7, 11) is 1.58. The average Bonchev–Trinajstić information content (AvgIpc) is 3.07. The standard InChI is InChI=1S/C16H16N2O6/c1-22-12-2-4-13(5-3-12)23-11-10-17-15(19)8-6-14-7-9-16(24-14)18(20)21/h2-9H,10-11H2,1H3,(H,17,19)/b8-6+. The summed E-state index contributed by atoms with van der Waals surface area (Å²) in [6, 6.07) is 9.72. The highest BCUT2D eigenvalue weighted by atomic mass is 16.6. The van der Waals surface area contributed by atoms with Gasteiger partial charge in [0.1, 0.15) is 28.8 Å². The largest absolute Gasteiger partial charge is 0.497 e. The number of benzene rings is 1. The lowest BCUT2D eigenvalue weighted by atomic mass is 10.3. The van der Waals surface area contributed by atoms with E-state index in [1.54, 1.807) is 31.4 Å². The first kappa shape index (κ1) is 17.1. The molecule has 8 heteroatoms. The predicted molar refractivity (Wildman–Crippen MR) is 85.9 cm³/mol. The Morgan fingerprint density at radius 2 is 1.96 bits per heavy atom. The van der Waals surface area contributed by atoms with Crippen molar-refractivity contribution in [1.29, 1.82) is 0 Å². The number of nitrogens with zero attached hydrogens (tertiary/aromatic N) is 1. The molecule has 1 heterocycles. The first-order chi connectivity index (χ1) is 11.6. The Balaban J connectivity index is 1.70. The van der Waals surface area contributed by atoms with Crippen molar-refractivity contribution in [2.45, 2.75) is 0 Å². The van der Waals surface area contributed by atoms with Gasteiger partial charge in [-0.1, -0.05) is 0 Å². The summed E-state index contributed by atoms with van der Waals surface area (Å²) in [5.41, 5.74) is 0. The van der Waals surface area contributed by atoms with E-state index in [0.717, 1.165) is 5.75 Å². The van der Waals surface area contributed by atoms with Gasteiger partial charge < -0.3 is 19.2 Å². The van der Waals surface area contributed by atoms with Gasteiger partial charge in [-0.3, -0.25) is 14.9 Å². The van der Waals surface area contributed by atoms with Crippen LogP contribution < -0.4 is 14.8 Å². The second kappa shape index (κ2) is 8.37. The van der Waals surface area contributed by atoms with Crippen molar-refractivity contribution in [3.63, 3.8) is 0 Å². The van der Waals surface area contributed by atoms with Crippen molar-refractivity contribution in [1.82, 2.24) is 5.32 Å². The van der Waals surface area contributed by atoms with Crippen LogP contribution >= 0.6 is 0 Å². The molecule has 2 aromatic rings. The molecule has 0 aliphatic carbocycles. The summed E-state index contributed by atoms with van der Waals surface area (Å²) < 4.78 is 15.4. The number of furan rings is 1. The monoisotopic (exact) mass is 332 g/mol. The summed E-state index contributed by atoms with van der Waals surface area (Å²) in [6.07, 6.45) is 2.59. The molecule has 0 fully saturated rings. The molecule has 2 rings (SSSR count). The molecular formula is C16H16N2O6. The van der Waals surface area contributed by atoms with Crippen LogP contribution in [0.5, 0.6) is 11.5 Å². The summed E-state index contributed by atoms with van der Waals surface area (Å²) in [5.74, 6) is 0.907. The van der Waals surface area contributed by atoms with E-state index in [-0.39, 0.29) is 17.6 Å². The number of hydrogen-bond donors (Lipinski definition) is 1. The van der Waals surface area contributed by atoms with Crippen LogP contribution in [0.3, 0.4) is 0 Å². The SMILES string of the molecule is COc1ccc(OCCNC(=O)/C=C/c2ccc([N+](=O)[O-])o2)cc1. The number of rotatable bonds is 8. The van der Waals surface area contributed by atoms with E-state index in [0.29, 0.717) is 18.9 Å². The molecule has 0 atom stereocenters. The zero-order valence-corrected chi connectivity index (χ0v) is 12.9. The summed E-state index contributed by atoms with van der Waals surface area (Å²) in [6.45, 7) is 0.617. The van der Waals surface area contributed by atoms with Crippen LogP contribution in [-0.2, 0) is 4.79 Å². The maximum Gasteiger partial charge on any atom is 0.433 e. The lowest BCUT2D eigenvalue weighted by Gasteiger charge is -2.07. The van der Waals surface area contributed by atoms with Gasteiger partial charge in [-0.2, -0.15) is 0 Å². The zero-order chi connectivity index (χ0) is 17.4. The molecule has 0 aliphatic heterocycles. The molecule has 1 aromatic carbocycles. The second-order valence-corrected chi connectivity index (χ2v) is 4.58. The third-order valence-corrected chi connectivity index (χ3v) is 2.92. The van der Waals surface area contributed by atoms with Gasteiger partial charge in [0.25, 0.3) is 0 Å². The van der Waals surface area contributed by atoms with Crippen LogP contribution in [0.2, 0.25) is 0 Å². The first-order valence-corrected chi connectivity index (χ1v) is 7.05. The molecule has 24 heavy (non-hydrogen) atoms. The van der Waals surface area contributed by atoms with Gasteiger partial charge in [0, 0.05) is 6.08 Å². The highest BCUT2D eigenvalue weighted by molar-refractivity contribution is 5.91. The summed E-state index contributed by atoms with van der Waals surface area (Å²) in [4.78, 5) is 21.4. The van der Waals surface area contributed by atoms with Gasteiger partial charge in [0.15, 0.2) is 0 Å². The third kappa shape index (κ3) is 5.16. The molecule has 8 nitrogen and oxygen atoms in total. The van der Waals surface area contributed by atoms with Crippen LogP contribution in [0.15, 0.2) is 46.9 Å². The van der Waals surface area contributed by atoms with Crippen molar-refractivity contribution in [3.8, 4) is 11.5 Å². The van der Waals surface area contributed by atoms with Gasteiger partial charge in [-0.15, -0.1) is 0 Å². The molecular weight excluding hydrogens is 316 g/mol. The number of methoxy groups -OCH3 is 1. The Morgan fingerprint density at radius 1 is 1.25 bits per heavy atom. The molecule has 1 amide bonds. The quantitative estimate of drug-likeness (QED) is 0.344. The molecule has 0 aliphatic rings. The number of carbonyl (C=O) groups excluding carboxylic acids is 1. The molecule has 0 bridgehead atoms. The summed E-state index contributed by atoms with van der Waals surface area (Å²) >= 11 is 0. The minimum Gasteiger partial charge on any atom is -0.497 e. The van der Waals surface area contributed by atoms with Gasteiger partial charge in [0.05, 0.1) is 19.7 Å². The van der Waals surface area contributed by atoms with Crippen molar-refractivity contribution < 1.29 is 23.6 Å². The molecule has 0 saturated heterocycles. The van der Waals surface area contributed by atoms with E-state index < -0.39 is 4.92 Å². The number of amides is 1. The Hall–Kier alpha value is -3.29. The molecule has 1 N–H and O–H groups in total. The molecule has 0 radical (unpaired) electrons. The van der Waals surface area contributed by atoms with Crippen LogP contribution in [0.1, 0.15) is 5.76 Å². The van der Waals surface area contributed by atoms with E-state index in [1.165, 1.54) is 24.3 Å². The second-order valence-electron chi connectivity index (χ2n) is 4.58. The third-order valence-electron chi connectivity index (χ3n) is 2.92. The fourth-order valence-corrected chi connectivity index (χ4v) is 1.76. The number of hydrogen-bond acceptors (Lipinski definition) is 6. The molecule has 126 valence electrons. The Kier molecular flexibility index (Phi) is 5.95. The van der Waals surface area contributed by atoms with Crippen LogP contribution in [0.4, 0.5) is 5.88 Å². The fourth-order valence-electron chi connectivity index (χ4n) is 1.76. The molecule has 1 aromatic heterocycles. The minimum atomic E-state index is -0.645. The maximum atomic E-state index is 11.6.